The first-order valence-corrected chi connectivity index (χ1v) is 8.47. The molecule has 0 bridgehead atoms. The molecule has 128 valence electrons. The molecular formula is C19H20N4O2. The van der Waals surface area contributed by atoms with Gasteiger partial charge in [0.25, 0.3) is 5.91 Å². The summed E-state index contributed by atoms with van der Waals surface area (Å²) in [6.45, 7) is 1.26. The fourth-order valence-electron chi connectivity index (χ4n) is 3.62. The molecule has 1 aliphatic heterocycles. The zero-order valence-corrected chi connectivity index (χ0v) is 13.8. The Balaban J connectivity index is 1.52. The molecule has 1 amide bonds. The lowest BCUT2D eigenvalue weighted by atomic mass is 10.0. The highest BCUT2D eigenvalue weighted by Gasteiger charge is 2.26. The largest absolute Gasteiger partial charge is 0.399 e. The van der Waals surface area contributed by atoms with Crippen LogP contribution in [0, 0.1) is 0 Å². The quantitative estimate of drug-likeness (QED) is 0.705. The van der Waals surface area contributed by atoms with E-state index in [0.29, 0.717) is 24.3 Å². The average molecular weight is 336 g/mol. The topological polar surface area (TPSA) is 84.1 Å². The summed E-state index contributed by atoms with van der Waals surface area (Å²) in [6.07, 6.45) is 1.52. The fraction of sp³-hybridized carbons (Fsp3) is 0.263. The van der Waals surface area contributed by atoms with Gasteiger partial charge in [0.2, 0.25) is 0 Å². The van der Waals surface area contributed by atoms with Crippen LogP contribution >= 0.6 is 0 Å². The summed E-state index contributed by atoms with van der Waals surface area (Å²) in [6, 6.07) is 14.9. The van der Waals surface area contributed by atoms with Crippen LogP contribution in [0.3, 0.4) is 0 Å². The molecule has 0 radical (unpaired) electrons. The molecule has 3 N–H and O–H groups in total. The van der Waals surface area contributed by atoms with Gasteiger partial charge in [0, 0.05) is 30.4 Å². The summed E-state index contributed by atoms with van der Waals surface area (Å²) >= 11 is 0. The van der Waals surface area contributed by atoms with E-state index in [9.17, 15) is 9.59 Å². The van der Waals surface area contributed by atoms with Crippen molar-refractivity contribution in [2.24, 2.45) is 0 Å². The van der Waals surface area contributed by atoms with E-state index in [-0.39, 0.29) is 17.6 Å². The number of nitrogens with zero attached hydrogens (tertiary/aromatic N) is 2. The number of nitrogens with one attached hydrogen (secondary N) is 1. The number of fused-ring (bicyclic) bond motifs is 1. The molecule has 3 aromatic rings. The molecule has 25 heavy (non-hydrogen) atoms. The number of carbonyl (C=O) groups is 1. The maximum atomic E-state index is 12.6. The van der Waals surface area contributed by atoms with E-state index >= 15 is 0 Å². The van der Waals surface area contributed by atoms with E-state index in [2.05, 4.69) is 4.98 Å². The van der Waals surface area contributed by atoms with Crippen molar-refractivity contribution in [1.82, 2.24) is 14.5 Å². The Labute approximate surface area is 144 Å². The lowest BCUT2D eigenvalue weighted by Crippen LogP contribution is -2.40. The van der Waals surface area contributed by atoms with Crippen molar-refractivity contribution in [2.45, 2.75) is 18.9 Å². The van der Waals surface area contributed by atoms with E-state index in [4.69, 9.17) is 5.73 Å². The van der Waals surface area contributed by atoms with Crippen LogP contribution in [0.2, 0.25) is 0 Å². The van der Waals surface area contributed by atoms with Gasteiger partial charge < -0.3 is 15.6 Å². The van der Waals surface area contributed by atoms with Crippen LogP contribution in [0.5, 0.6) is 0 Å². The molecule has 1 fully saturated rings. The number of anilines is 1. The molecule has 4 rings (SSSR count). The van der Waals surface area contributed by atoms with Gasteiger partial charge in [-0.15, -0.1) is 0 Å². The highest BCUT2D eigenvalue weighted by molar-refractivity contribution is 5.95. The predicted octanol–water partition coefficient (Wildman–Crippen LogP) is 2.39. The second-order valence-electron chi connectivity index (χ2n) is 6.47. The first-order valence-electron chi connectivity index (χ1n) is 8.47. The third-order valence-corrected chi connectivity index (χ3v) is 4.87. The molecule has 0 unspecified atom stereocenters. The van der Waals surface area contributed by atoms with Gasteiger partial charge in [-0.2, -0.15) is 0 Å². The van der Waals surface area contributed by atoms with Crippen LogP contribution in [0.25, 0.3) is 11.0 Å². The fourth-order valence-corrected chi connectivity index (χ4v) is 3.62. The number of aromatic nitrogens is 2. The molecule has 0 aliphatic carbocycles. The van der Waals surface area contributed by atoms with Crippen molar-refractivity contribution < 1.29 is 4.79 Å². The van der Waals surface area contributed by atoms with Gasteiger partial charge in [0.1, 0.15) is 0 Å². The Morgan fingerprint density at radius 2 is 1.84 bits per heavy atom. The molecule has 1 aromatic heterocycles. The van der Waals surface area contributed by atoms with Crippen molar-refractivity contribution in [3.8, 4) is 0 Å². The standard InChI is InChI=1S/C19H20N4O2/c20-14-5-3-4-13(12-14)18(24)22-10-8-15(9-11-22)23-17-7-2-1-6-16(17)21-19(23)25/h1-7,12,15H,8-11,20H2,(H,21,25). The highest BCUT2D eigenvalue weighted by Crippen LogP contribution is 2.25. The molecule has 1 saturated heterocycles. The second kappa shape index (κ2) is 6.12. The number of nitrogens with two attached hydrogens (primary N) is 1. The van der Waals surface area contributed by atoms with Gasteiger partial charge in [-0.05, 0) is 43.2 Å². The molecule has 0 atom stereocenters. The Hall–Kier alpha value is -3.02. The van der Waals surface area contributed by atoms with Crippen LogP contribution in [-0.4, -0.2) is 33.4 Å². The number of H-pyrrole nitrogens is 1. The summed E-state index contributed by atoms with van der Waals surface area (Å²) < 4.78 is 1.83. The number of hydrogen-bond acceptors (Lipinski definition) is 3. The van der Waals surface area contributed by atoms with Crippen molar-refractivity contribution >= 4 is 22.6 Å². The Morgan fingerprint density at radius 1 is 1.08 bits per heavy atom. The summed E-state index contributed by atoms with van der Waals surface area (Å²) in [5.41, 5.74) is 8.67. The number of piperidine rings is 1. The van der Waals surface area contributed by atoms with Gasteiger partial charge in [0.05, 0.1) is 11.0 Å². The summed E-state index contributed by atoms with van der Waals surface area (Å²) in [5.74, 6) is -0.00276. The summed E-state index contributed by atoms with van der Waals surface area (Å²) in [7, 11) is 0. The average Bonchev–Trinajstić information content (AvgIpc) is 2.97. The van der Waals surface area contributed by atoms with Crippen LogP contribution in [0.4, 0.5) is 5.69 Å². The predicted molar refractivity (Wildman–Crippen MR) is 97.6 cm³/mol. The van der Waals surface area contributed by atoms with Crippen molar-refractivity contribution in [2.75, 3.05) is 18.8 Å². The number of nitrogen functional groups attached to an aromatic ring is 1. The van der Waals surface area contributed by atoms with Crippen LogP contribution in [0.15, 0.2) is 53.3 Å². The molecule has 0 saturated carbocycles. The van der Waals surface area contributed by atoms with Gasteiger partial charge in [0.15, 0.2) is 0 Å². The molecular weight excluding hydrogens is 316 g/mol. The van der Waals surface area contributed by atoms with Crippen molar-refractivity contribution in [3.05, 3.63) is 64.6 Å². The molecule has 6 heteroatoms. The van der Waals surface area contributed by atoms with Gasteiger partial charge in [-0.1, -0.05) is 18.2 Å². The number of benzene rings is 2. The molecule has 1 aliphatic rings. The van der Waals surface area contributed by atoms with E-state index in [1.807, 2.05) is 33.7 Å². The third kappa shape index (κ3) is 2.80. The smallest absolute Gasteiger partial charge is 0.326 e. The summed E-state index contributed by atoms with van der Waals surface area (Å²) in [5, 5.41) is 0. The van der Waals surface area contributed by atoms with Crippen LogP contribution in [-0.2, 0) is 0 Å². The molecule has 0 spiro atoms. The Bertz CT molecular complexity index is 980. The van der Waals surface area contributed by atoms with E-state index in [0.717, 1.165) is 23.9 Å². The number of amides is 1. The lowest BCUT2D eigenvalue weighted by molar-refractivity contribution is 0.0695. The number of para-hydroxylation sites is 2. The lowest BCUT2D eigenvalue weighted by Gasteiger charge is -2.32. The minimum atomic E-state index is -0.0817. The van der Waals surface area contributed by atoms with Crippen LogP contribution in [0.1, 0.15) is 29.2 Å². The SMILES string of the molecule is Nc1cccc(C(=O)N2CCC(n3c(=O)[nH]c4ccccc43)CC2)c1. The van der Waals surface area contributed by atoms with E-state index in [1.54, 1.807) is 24.3 Å². The summed E-state index contributed by atoms with van der Waals surface area (Å²) in [4.78, 5) is 29.7. The maximum absolute atomic E-state index is 12.6. The number of likely N-dealkylation sites (tertiary alicyclic amines) is 1. The monoisotopic (exact) mass is 336 g/mol. The van der Waals surface area contributed by atoms with E-state index in [1.165, 1.54) is 0 Å². The number of rotatable bonds is 2. The highest BCUT2D eigenvalue weighted by atomic mass is 16.2. The normalized spacial score (nSPS) is 15.6. The zero-order chi connectivity index (χ0) is 17.4. The molecule has 2 aromatic carbocycles. The molecule has 6 nitrogen and oxygen atoms in total. The van der Waals surface area contributed by atoms with Crippen LogP contribution < -0.4 is 11.4 Å². The Kier molecular flexibility index (Phi) is 3.80. The first kappa shape index (κ1) is 15.5. The minimum Gasteiger partial charge on any atom is -0.399 e. The van der Waals surface area contributed by atoms with E-state index < -0.39 is 0 Å². The maximum Gasteiger partial charge on any atom is 0.326 e. The number of hydrogen-bond donors (Lipinski definition) is 2. The number of aromatic amines is 1. The van der Waals surface area contributed by atoms with Gasteiger partial charge in [-0.3, -0.25) is 9.36 Å². The van der Waals surface area contributed by atoms with Crippen molar-refractivity contribution in [1.29, 1.82) is 0 Å². The van der Waals surface area contributed by atoms with Gasteiger partial charge in [-0.25, -0.2) is 4.79 Å². The number of carbonyl (C=O) groups excluding carboxylic acids is 1. The van der Waals surface area contributed by atoms with Gasteiger partial charge >= 0.3 is 5.69 Å². The first-order chi connectivity index (χ1) is 12.1. The second-order valence-corrected chi connectivity index (χ2v) is 6.47. The minimum absolute atomic E-state index is 0.00276. The molecule has 2 heterocycles. The third-order valence-electron chi connectivity index (χ3n) is 4.87. The van der Waals surface area contributed by atoms with Crippen molar-refractivity contribution in [3.63, 3.8) is 0 Å². The zero-order valence-electron chi connectivity index (χ0n) is 13.8. The number of imidazole rings is 1. The Morgan fingerprint density at radius 3 is 2.60 bits per heavy atom.